The Morgan fingerprint density at radius 1 is 1.02 bits per heavy atom. The molecule has 2 heterocycles. The molecule has 0 spiro atoms. The summed E-state index contributed by atoms with van der Waals surface area (Å²) in [5.74, 6) is -0.651. The quantitative estimate of drug-likeness (QED) is 0.0772. The molecular weight excluding hydrogens is 634 g/mol. The number of carbonyl (C=O) groups is 2. The van der Waals surface area contributed by atoms with Gasteiger partial charge in [-0.1, -0.05) is 61.5 Å². The number of aryl methyl sites for hydroxylation is 1. The Balaban J connectivity index is 1.20. The number of hydrogen-bond donors (Lipinski definition) is 1. The number of aromatic amines is 1. The van der Waals surface area contributed by atoms with E-state index in [9.17, 15) is 19.7 Å². The lowest BCUT2D eigenvalue weighted by molar-refractivity contribution is -0.770. The van der Waals surface area contributed by atoms with Gasteiger partial charge in [-0.15, -0.1) is 15.2 Å². The number of rotatable bonds is 13. The molecule has 0 bridgehead atoms. The van der Waals surface area contributed by atoms with Crippen molar-refractivity contribution in [3.63, 3.8) is 0 Å². The molecule has 0 saturated heterocycles. The summed E-state index contributed by atoms with van der Waals surface area (Å²) in [4.78, 5) is 46.8. The van der Waals surface area contributed by atoms with Crippen LogP contribution in [0, 0.1) is 16.0 Å². The summed E-state index contributed by atoms with van der Waals surface area (Å²) in [5, 5.41) is 24.2. The number of para-hydroxylation sites is 1. The van der Waals surface area contributed by atoms with Gasteiger partial charge in [-0.2, -0.15) is 0 Å². The van der Waals surface area contributed by atoms with Crippen LogP contribution < -0.4 is 0 Å². The molecule has 1 N–H and O–H groups in total. The molecule has 1 unspecified atom stereocenters. The molecule has 4 atom stereocenters. The Bertz CT molecular complexity index is 1940. The lowest BCUT2D eigenvalue weighted by atomic mass is 9.98. The van der Waals surface area contributed by atoms with Gasteiger partial charge in [0.25, 0.3) is 5.09 Å². The molecule has 1 aliphatic carbocycles. The average molecular weight is 670 g/mol. The van der Waals surface area contributed by atoms with Crippen LogP contribution in [0.3, 0.4) is 0 Å². The number of ether oxygens (including phenoxy) is 3. The topological polar surface area (TPSA) is 186 Å². The van der Waals surface area contributed by atoms with Gasteiger partial charge in [-0.25, -0.2) is 14.9 Å². The molecule has 15 nitrogen and oxygen atoms in total. The SMILES string of the molecule is CCCc1nc2cccc(C(=O)OC(C)OC(=O)[C@@H]3C[C@H](OC)[C@@H](O[N+](=O)[O-])C3)c2n1Cc1ccc(-c2ccccc2-c2nnn[nH]2)cc1. The summed E-state index contributed by atoms with van der Waals surface area (Å²) in [6, 6.07) is 21.2. The molecular formula is C34H35N7O8. The minimum absolute atomic E-state index is 0.0457. The van der Waals surface area contributed by atoms with E-state index in [-0.39, 0.29) is 18.4 Å². The summed E-state index contributed by atoms with van der Waals surface area (Å²) >= 11 is 0. The molecule has 49 heavy (non-hydrogen) atoms. The highest BCUT2D eigenvalue weighted by Crippen LogP contribution is 2.33. The number of tetrazole rings is 1. The zero-order valence-corrected chi connectivity index (χ0v) is 27.1. The van der Waals surface area contributed by atoms with E-state index < -0.39 is 41.4 Å². The number of benzene rings is 3. The van der Waals surface area contributed by atoms with Crippen LogP contribution in [0.4, 0.5) is 0 Å². The molecule has 1 saturated carbocycles. The summed E-state index contributed by atoms with van der Waals surface area (Å²) in [5.41, 5.74) is 5.37. The molecule has 3 aromatic carbocycles. The number of nitrogens with one attached hydrogen (secondary N) is 1. The number of nitrogens with zero attached hydrogens (tertiary/aromatic N) is 6. The fourth-order valence-corrected chi connectivity index (χ4v) is 6.29. The van der Waals surface area contributed by atoms with Gasteiger partial charge in [0.2, 0.25) is 6.29 Å². The maximum absolute atomic E-state index is 13.6. The lowest BCUT2D eigenvalue weighted by Gasteiger charge is -2.17. The van der Waals surface area contributed by atoms with E-state index in [1.54, 1.807) is 12.1 Å². The first-order valence-electron chi connectivity index (χ1n) is 15.9. The van der Waals surface area contributed by atoms with E-state index in [2.05, 4.69) is 32.4 Å². The van der Waals surface area contributed by atoms with Crippen LogP contribution in [0.25, 0.3) is 33.5 Å². The second kappa shape index (κ2) is 14.6. The molecule has 254 valence electrons. The fourth-order valence-electron chi connectivity index (χ4n) is 6.29. The van der Waals surface area contributed by atoms with Gasteiger partial charge in [0.05, 0.1) is 28.6 Å². The molecule has 1 aliphatic rings. The number of fused-ring (bicyclic) bond motifs is 1. The third-order valence-electron chi connectivity index (χ3n) is 8.53. The smallest absolute Gasteiger partial charge is 0.343 e. The highest BCUT2D eigenvalue weighted by Gasteiger charge is 2.42. The molecule has 0 radical (unpaired) electrons. The molecule has 15 heteroatoms. The number of methoxy groups -OCH3 is 1. The standard InChI is InChI=1S/C34H35N7O8/c1-4-8-30-35-27-12-7-11-26(34(43)48-20(2)47-33(42)23-17-28(46-3)29(18-23)49-41(44)45)31(27)40(30)19-21-13-15-22(16-14-21)24-9-5-6-10-25(24)32-36-38-39-37-32/h5-7,9-16,20,23,28-29H,4,8,17-19H2,1-3H3,(H,36,37,38,39)/t20?,23-,28+,29+/m1/s1. The first kappa shape index (κ1) is 33.2. The van der Waals surface area contributed by atoms with Gasteiger partial charge < -0.3 is 23.6 Å². The van der Waals surface area contributed by atoms with Gasteiger partial charge in [0.1, 0.15) is 11.9 Å². The maximum atomic E-state index is 13.6. The van der Waals surface area contributed by atoms with Gasteiger partial charge in [-0.05, 0) is 58.5 Å². The van der Waals surface area contributed by atoms with Crippen LogP contribution >= 0.6 is 0 Å². The zero-order valence-electron chi connectivity index (χ0n) is 27.1. The minimum atomic E-state index is -1.22. The second-order valence-corrected chi connectivity index (χ2v) is 11.7. The van der Waals surface area contributed by atoms with Crippen molar-refractivity contribution >= 4 is 23.0 Å². The van der Waals surface area contributed by atoms with Crippen molar-refractivity contribution in [1.82, 2.24) is 30.2 Å². The van der Waals surface area contributed by atoms with E-state index in [1.165, 1.54) is 14.0 Å². The maximum Gasteiger partial charge on any atom is 0.343 e. The Morgan fingerprint density at radius 2 is 1.78 bits per heavy atom. The van der Waals surface area contributed by atoms with Crippen LogP contribution in [0.1, 0.15) is 54.9 Å². The number of carbonyl (C=O) groups excluding carboxylic acids is 2. The highest BCUT2D eigenvalue weighted by molar-refractivity contribution is 6.02. The molecule has 5 aromatic rings. The van der Waals surface area contributed by atoms with Crippen molar-refractivity contribution in [2.75, 3.05) is 7.11 Å². The van der Waals surface area contributed by atoms with Crippen molar-refractivity contribution < 1.29 is 33.7 Å². The van der Waals surface area contributed by atoms with Crippen molar-refractivity contribution in [3.8, 4) is 22.5 Å². The Hall–Kier alpha value is -5.70. The molecule has 2 aromatic heterocycles. The lowest BCUT2D eigenvalue weighted by Crippen LogP contribution is -2.27. The van der Waals surface area contributed by atoms with Gasteiger partial charge in [0, 0.05) is 32.6 Å². The summed E-state index contributed by atoms with van der Waals surface area (Å²) in [7, 11) is 1.39. The van der Waals surface area contributed by atoms with E-state index >= 15 is 0 Å². The van der Waals surface area contributed by atoms with Crippen molar-refractivity contribution in [2.45, 2.75) is 64.6 Å². The normalized spacial score (nSPS) is 17.9. The van der Waals surface area contributed by atoms with Gasteiger partial charge >= 0.3 is 11.9 Å². The van der Waals surface area contributed by atoms with Crippen LogP contribution in [0.15, 0.2) is 66.7 Å². The van der Waals surface area contributed by atoms with E-state index in [4.69, 9.17) is 19.2 Å². The monoisotopic (exact) mass is 669 g/mol. The van der Waals surface area contributed by atoms with E-state index in [1.807, 2.05) is 59.2 Å². The van der Waals surface area contributed by atoms with Crippen LogP contribution in [-0.4, -0.2) is 72.8 Å². The van der Waals surface area contributed by atoms with Crippen LogP contribution in [-0.2, 0) is 36.8 Å². The number of aromatic nitrogens is 6. The third kappa shape index (κ3) is 7.26. The molecule has 1 fully saturated rings. The van der Waals surface area contributed by atoms with Crippen molar-refractivity contribution in [2.24, 2.45) is 5.92 Å². The Labute approximate surface area is 280 Å². The Kier molecular flexibility index (Phi) is 9.89. The molecule has 0 aliphatic heterocycles. The number of esters is 2. The largest absolute Gasteiger partial charge is 0.425 e. The van der Waals surface area contributed by atoms with Crippen LogP contribution in [0.2, 0.25) is 0 Å². The number of imidazole rings is 1. The second-order valence-electron chi connectivity index (χ2n) is 11.7. The van der Waals surface area contributed by atoms with E-state index in [0.717, 1.165) is 34.5 Å². The predicted octanol–water partition coefficient (Wildman–Crippen LogP) is 4.93. The Morgan fingerprint density at radius 3 is 2.47 bits per heavy atom. The van der Waals surface area contributed by atoms with E-state index in [0.29, 0.717) is 29.8 Å². The molecule has 6 rings (SSSR count). The summed E-state index contributed by atoms with van der Waals surface area (Å²) < 4.78 is 18.3. The first-order chi connectivity index (χ1) is 23.7. The summed E-state index contributed by atoms with van der Waals surface area (Å²) in [6.07, 6.45) is -0.987. The number of hydrogen-bond acceptors (Lipinski definition) is 12. The van der Waals surface area contributed by atoms with Crippen molar-refractivity contribution in [1.29, 1.82) is 0 Å². The van der Waals surface area contributed by atoms with Gasteiger partial charge in [0.15, 0.2) is 5.82 Å². The predicted molar refractivity (Wildman–Crippen MR) is 174 cm³/mol. The van der Waals surface area contributed by atoms with Crippen LogP contribution in [0.5, 0.6) is 0 Å². The zero-order chi connectivity index (χ0) is 34.5. The third-order valence-corrected chi connectivity index (χ3v) is 8.53. The fraction of sp³-hybridized carbons (Fsp3) is 0.353. The number of H-pyrrole nitrogens is 1. The first-order valence-corrected chi connectivity index (χ1v) is 15.9. The summed E-state index contributed by atoms with van der Waals surface area (Å²) in [6.45, 7) is 3.96. The van der Waals surface area contributed by atoms with Gasteiger partial charge in [-0.3, -0.25) is 4.79 Å². The average Bonchev–Trinajstić information content (AvgIpc) is 3.85. The molecule has 0 amide bonds. The van der Waals surface area contributed by atoms with Crippen molar-refractivity contribution in [3.05, 3.63) is 93.8 Å². The minimum Gasteiger partial charge on any atom is -0.425 e. The highest BCUT2D eigenvalue weighted by atomic mass is 17.0.